The summed E-state index contributed by atoms with van der Waals surface area (Å²) in [5, 5.41) is 13.7. The molecule has 0 aromatic heterocycles. The van der Waals surface area contributed by atoms with E-state index in [2.05, 4.69) is 10.6 Å². The predicted octanol–water partition coefficient (Wildman–Crippen LogP) is 4.77. The molecule has 9 heteroatoms. The first-order valence-corrected chi connectivity index (χ1v) is 12.6. The summed E-state index contributed by atoms with van der Waals surface area (Å²) in [6, 6.07) is 18.4. The first-order valence-electron chi connectivity index (χ1n) is 11.7. The lowest BCUT2D eigenvalue weighted by molar-refractivity contribution is -0.138. The number of thioether (sulfide) groups is 1. The van der Waals surface area contributed by atoms with Crippen LogP contribution >= 0.6 is 11.8 Å². The minimum atomic E-state index is -1.05. The van der Waals surface area contributed by atoms with Gasteiger partial charge in [0.15, 0.2) is 11.6 Å². The fourth-order valence-electron chi connectivity index (χ4n) is 4.04. The molecule has 1 aliphatic rings. The fraction of sp³-hybridized carbons (Fsp3) is 0.179. The number of nitrogens with one attached hydrogen (secondary N) is 2. The molecule has 3 aromatic carbocycles. The zero-order valence-corrected chi connectivity index (χ0v) is 20.8. The van der Waals surface area contributed by atoms with E-state index in [1.165, 1.54) is 11.8 Å². The number of benzene rings is 3. The molecule has 1 unspecified atom stereocenters. The average Bonchev–Trinajstić information content (AvgIpc) is 2.89. The molecule has 0 radical (unpaired) electrons. The highest BCUT2D eigenvalue weighted by molar-refractivity contribution is 8.00. The molecule has 3 N–H and O–H groups in total. The predicted molar refractivity (Wildman–Crippen MR) is 140 cm³/mol. The lowest BCUT2D eigenvalue weighted by atomic mass is 9.83. The van der Waals surface area contributed by atoms with Crippen LogP contribution in [0, 0.1) is 0 Å². The summed E-state index contributed by atoms with van der Waals surface area (Å²) in [5.74, 6) is -2.36. The second kappa shape index (κ2) is 11.2. The summed E-state index contributed by atoms with van der Waals surface area (Å²) in [4.78, 5) is 62.8. The van der Waals surface area contributed by atoms with Crippen LogP contribution in [-0.2, 0) is 14.4 Å². The van der Waals surface area contributed by atoms with Gasteiger partial charge in [0.1, 0.15) is 0 Å². The van der Waals surface area contributed by atoms with E-state index in [4.69, 9.17) is 5.11 Å². The van der Waals surface area contributed by atoms with Gasteiger partial charge in [-0.15, -0.1) is 11.8 Å². The van der Waals surface area contributed by atoms with Gasteiger partial charge in [0.25, 0.3) is 0 Å². The number of ketones is 2. The quantitative estimate of drug-likeness (QED) is 0.273. The standard InChI is InChI=1S/C28H24N2O6S/c1-2-22(37-17-8-5-7-16(15-17)29-23(31)13-14-24(32)33)28(36)30-21-12-6-11-20-25(21)27(35)19-10-4-3-9-18(19)26(20)34/h3-12,15,22H,2,13-14H2,1H3,(H,29,31)(H,30,36)(H,32,33). The highest BCUT2D eigenvalue weighted by atomic mass is 32.2. The molecular formula is C28H24N2O6S. The normalized spacial score (nSPS) is 12.8. The highest BCUT2D eigenvalue weighted by Gasteiger charge is 2.32. The molecule has 2 amide bonds. The monoisotopic (exact) mass is 516 g/mol. The minimum Gasteiger partial charge on any atom is -0.481 e. The van der Waals surface area contributed by atoms with Gasteiger partial charge in [-0.05, 0) is 30.7 Å². The zero-order valence-electron chi connectivity index (χ0n) is 19.9. The molecule has 1 aliphatic carbocycles. The van der Waals surface area contributed by atoms with Gasteiger partial charge in [0.05, 0.1) is 22.9 Å². The number of hydrogen-bond donors (Lipinski definition) is 3. The van der Waals surface area contributed by atoms with Crippen molar-refractivity contribution in [2.24, 2.45) is 0 Å². The van der Waals surface area contributed by atoms with Crippen LogP contribution in [0.15, 0.2) is 71.6 Å². The van der Waals surface area contributed by atoms with E-state index in [0.717, 1.165) is 4.90 Å². The van der Waals surface area contributed by atoms with Crippen molar-refractivity contribution < 1.29 is 29.1 Å². The van der Waals surface area contributed by atoms with Crippen molar-refractivity contribution in [1.82, 2.24) is 0 Å². The third kappa shape index (κ3) is 5.78. The first-order chi connectivity index (χ1) is 17.8. The number of aliphatic carboxylic acids is 1. The Morgan fingerprint density at radius 3 is 2.22 bits per heavy atom. The Kier molecular flexibility index (Phi) is 7.83. The molecule has 0 heterocycles. The van der Waals surface area contributed by atoms with Crippen LogP contribution in [0.25, 0.3) is 0 Å². The molecule has 8 nitrogen and oxygen atoms in total. The molecule has 4 rings (SSSR count). The number of rotatable bonds is 9. The van der Waals surface area contributed by atoms with Gasteiger partial charge in [-0.1, -0.05) is 49.4 Å². The summed E-state index contributed by atoms with van der Waals surface area (Å²) >= 11 is 1.29. The van der Waals surface area contributed by atoms with E-state index in [1.807, 2.05) is 6.92 Å². The van der Waals surface area contributed by atoms with Crippen molar-refractivity contribution in [3.8, 4) is 0 Å². The molecule has 188 valence electrons. The topological polar surface area (TPSA) is 130 Å². The fourth-order valence-corrected chi connectivity index (χ4v) is 5.05. The zero-order chi connectivity index (χ0) is 26.5. The number of fused-ring (bicyclic) bond motifs is 2. The Hall–Kier alpha value is -4.24. The van der Waals surface area contributed by atoms with Crippen LogP contribution in [0.2, 0.25) is 0 Å². The van der Waals surface area contributed by atoms with Crippen LogP contribution < -0.4 is 10.6 Å². The average molecular weight is 517 g/mol. The number of amides is 2. The second-order valence-corrected chi connectivity index (χ2v) is 9.68. The van der Waals surface area contributed by atoms with Crippen molar-refractivity contribution in [1.29, 1.82) is 0 Å². The lowest BCUT2D eigenvalue weighted by Gasteiger charge is -2.21. The van der Waals surface area contributed by atoms with E-state index in [1.54, 1.807) is 66.7 Å². The summed E-state index contributed by atoms with van der Waals surface area (Å²) in [6.45, 7) is 1.86. The molecule has 0 aliphatic heterocycles. The van der Waals surface area contributed by atoms with E-state index < -0.39 is 17.1 Å². The van der Waals surface area contributed by atoms with E-state index in [0.29, 0.717) is 23.2 Å². The molecule has 0 saturated heterocycles. The Bertz CT molecular complexity index is 1420. The van der Waals surface area contributed by atoms with Crippen molar-refractivity contribution in [2.75, 3.05) is 10.6 Å². The summed E-state index contributed by atoms with van der Waals surface area (Å²) in [5.41, 5.74) is 1.88. The van der Waals surface area contributed by atoms with E-state index >= 15 is 0 Å². The van der Waals surface area contributed by atoms with Crippen LogP contribution in [0.3, 0.4) is 0 Å². The SMILES string of the molecule is CCC(Sc1cccc(NC(=O)CCC(=O)O)c1)C(=O)Nc1cccc2c1C(=O)c1ccccc1C2=O. The Morgan fingerprint density at radius 2 is 1.51 bits per heavy atom. The highest BCUT2D eigenvalue weighted by Crippen LogP contribution is 2.33. The lowest BCUT2D eigenvalue weighted by Crippen LogP contribution is -2.28. The number of anilines is 2. The molecule has 3 aromatic rings. The van der Waals surface area contributed by atoms with Gasteiger partial charge in [0.2, 0.25) is 11.8 Å². The van der Waals surface area contributed by atoms with Crippen molar-refractivity contribution in [3.05, 3.63) is 89.0 Å². The third-order valence-corrected chi connectivity index (χ3v) is 7.19. The number of carbonyl (C=O) groups is 5. The van der Waals surface area contributed by atoms with Crippen LogP contribution in [-0.4, -0.2) is 39.7 Å². The van der Waals surface area contributed by atoms with Gasteiger partial charge in [-0.3, -0.25) is 24.0 Å². The Balaban J connectivity index is 1.50. The number of hydrogen-bond acceptors (Lipinski definition) is 6. The molecule has 0 saturated carbocycles. The first kappa shape index (κ1) is 25.8. The molecule has 0 spiro atoms. The summed E-state index contributed by atoms with van der Waals surface area (Å²) < 4.78 is 0. The van der Waals surface area contributed by atoms with E-state index in [-0.39, 0.29) is 47.1 Å². The summed E-state index contributed by atoms with van der Waals surface area (Å²) in [6.07, 6.45) is 0.0808. The van der Waals surface area contributed by atoms with Crippen molar-refractivity contribution in [2.45, 2.75) is 36.3 Å². The summed E-state index contributed by atoms with van der Waals surface area (Å²) in [7, 11) is 0. The molecule has 37 heavy (non-hydrogen) atoms. The number of carboxylic acid groups (broad SMARTS) is 1. The van der Waals surface area contributed by atoms with Gasteiger partial charge in [-0.2, -0.15) is 0 Å². The van der Waals surface area contributed by atoms with E-state index in [9.17, 15) is 24.0 Å². The molecule has 0 fully saturated rings. The van der Waals surface area contributed by atoms with Gasteiger partial charge < -0.3 is 15.7 Å². The largest absolute Gasteiger partial charge is 0.481 e. The van der Waals surface area contributed by atoms with Gasteiger partial charge in [0, 0.05) is 33.7 Å². The maximum absolute atomic E-state index is 13.2. The van der Waals surface area contributed by atoms with Crippen LogP contribution in [0.5, 0.6) is 0 Å². The molecular weight excluding hydrogens is 492 g/mol. The second-order valence-electron chi connectivity index (χ2n) is 8.41. The maximum atomic E-state index is 13.2. The van der Waals surface area contributed by atoms with Crippen molar-refractivity contribution in [3.63, 3.8) is 0 Å². The van der Waals surface area contributed by atoms with Crippen LogP contribution in [0.4, 0.5) is 11.4 Å². The van der Waals surface area contributed by atoms with Gasteiger partial charge >= 0.3 is 5.97 Å². The Morgan fingerprint density at radius 1 is 0.838 bits per heavy atom. The molecule has 0 bridgehead atoms. The van der Waals surface area contributed by atoms with Crippen LogP contribution in [0.1, 0.15) is 58.0 Å². The Labute approximate surface area is 217 Å². The smallest absolute Gasteiger partial charge is 0.303 e. The maximum Gasteiger partial charge on any atom is 0.303 e. The minimum absolute atomic E-state index is 0.139. The number of carboxylic acids is 1. The molecule has 1 atom stereocenters. The van der Waals surface area contributed by atoms with Crippen molar-refractivity contribution >= 4 is 52.5 Å². The third-order valence-electron chi connectivity index (χ3n) is 5.84. The van der Waals surface area contributed by atoms with Gasteiger partial charge in [-0.25, -0.2) is 0 Å². The number of carbonyl (C=O) groups excluding carboxylic acids is 4.